The number of methoxy groups -OCH3 is 1. The van der Waals surface area contributed by atoms with E-state index < -0.39 is 15.5 Å². The van der Waals surface area contributed by atoms with Crippen LogP contribution in [0.5, 0.6) is 5.75 Å². The molecule has 0 saturated carbocycles. The molecule has 0 aliphatic rings. The lowest BCUT2D eigenvalue weighted by molar-refractivity contribution is 0.334. The largest absolute Gasteiger partial charge is 0.497 e. The molecule has 0 radical (unpaired) electrons. The number of hydrogen-bond donors (Lipinski definition) is 0. The Labute approximate surface area is 153 Å². The number of halogens is 1. The highest BCUT2D eigenvalue weighted by molar-refractivity contribution is 7.86. The summed E-state index contributed by atoms with van der Waals surface area (Å²) in [5.74, 6) is 0.556. The van der Waals surface area contributed by atoms with E-state index in [1.54, 1.807) is 25.1 Å². The van der Waals surface area contributed by atoms with Gasteiger partial charge in [0.15, 0.2) is 0 Å². The lowest BCUT2D eigenvalue weighted by Gasteiger charge is -2.24. The third kappa shape index (κ3) is 4.52. The van der Waals surface area contributed by atoms with Crippen LogP contribution in [0.1, 0.15) is 26.3 Å². The van der Waals surface area contributed by atoms with Crippen LogP contribution in [0.25, 0.3) is 0 Å². The predicted molar refractivity (Wildman–Crippen MR) is 98.9 cm³/mol. The molecule has 0 saturated heterocycles. The number of hydrogen-bond acceptors (Lipinski definition) is 5. The van der Waals surface area contributed by atoms with Crippen molar-refractivity contribution in [3.05, 3.63) is 59.1 Å². The quantitative estimate of drug-likeness (QED) is 0.549. The minimum absolute atomic E-state index is 0.00501. The third-order valence-corrected chi connectivity index (χ3v) is 5.43. The first-order valence-corrected chi connectivity index (χ1v) is 9.34. The Morgan fingerprint density at radius 3 is 2.32 bits per heavy atom. The molecule has 0 N–H and O–H groups in total. The summed E-state index contributed by atoms with van der Waals surface area (Å²) in [5, 5.41) is 4.45. The van der Waals surface area contributed by atoms with Crippen molar-refractivity contribution in [2.45, 2.75) is 31.1 Å². The van der Waals surface area contributed by atoms with Crippen molar-refractivity contribution in [3.8, 4) is 5.75 Å². The molecule has 0 aliphatic carbocycles. The second kappa shape index (κ2) is 7.45. The predicted octanol–water partition coefficient (Wildman–Crippen LogP) is 4.41. The molecule has 0 aromatic heterocycles. The van der Waals surface area contributed by atoms with Crippen LogP contribution in [0, 0.1) is 0 Å². The van der Waals surface area contributed by atoms with Crippen LogP contribution in [0.15, 0.2) is 58.6 Å². The lowest BCUT2D eigenvalue weighted by Crippen LogP contribution is -2.27. The molecule has 0 bridgehead atoms. The maximum absolute atomic E-state index is 12.3. The van der Waals surface area contributed by atoms with E-state index in [1.807, 2.05) is 32.0 Å². The summed E-state index contributed by atoms with van der Waals surface area (Å²) < 4.78 is 34.4. The van der Waals surface area contributed by atoms with Crippen LogP contribution in [0.3, 0.4) is 0 Å². The van der Waals surface area contributed by atoms with E-state index in [1.165, 1.54) is 19.2 Å². The van der Waals surface area contributed by atoms with Gasteiger partial charge in [0.1, 0.15) is 10.6 Å². The maximum atomic E-state index is 12.3. The van der Waals surface area contributed by atoms with Crippen LogP contribution in [0.4, 0.5) is 0 Å². The molecule has 134 valence electrons. The van der Waals surface area contributed by atoms with Crippen molar-refractivity contribution >= 4 is 27.4 Å². The molecular formula is C18H20ClNO4S. The molecule has 0 spiro atoms. The molecule has 0 atom stereocenters. The zero-order chi connectivity index (χ0) is 18.7. The maximum Gasteiger partial charge on any atom is 0.358 e. The average Bonchev–Trinajstić information content (AvgIpc) is 2.59. The Hall–Kier alpha value is -2.05. The number of nitrogens with zero attached hydrogens (tertiary/aromatic N) is 1. The molecule has 0 aliphatic heterocycles. The molecule has 5 nitrogen and oxygen atoms in total. The summed E-state index contributed by atoms with van der Waals surface area (Å²) >= 11 is 6.03. The van der Waals surface area contributed by atoms with Gasteiger partial charge in [0.05, 0.1) is 12.8 Å². The third-order valence-electron chi connectivity index (χ3n) is 4.07. The zero-order valence-electron chi connectivity index (χ0n) is 14.5. The Morgan fingerprint density at radius 2 is 1.76 bits per heavy atom. The van der Waals surface area contributed by atoms with Gasteiger partial charge in [-0.3, -0.25) is 4.28 Å². The Balaban J connectivity index is 2.23. The molecule has 2 aromatic rings. The fourth-order valence-corrected chi connectivity index (χ4v) is 3.05. The monoisotopic (exact) mass is 381 g/mol. The second-order valence-corrected chi connectivity index (χ2v) is 7.98. The molecular weight excluding hydrogens is 362 g/mol. The van der Waals surface area contributed by atoms with Gasteiger partial charge < -0.3 is 4.74 Å². The van der Waals surface area contributed by atoms with Gasteiger partial charge in [0.2, 0.25) is 0 Å². The fourth-order valence-electron chi connectivity index (χ4n) is 2.09. The second-order valence-electron chi connectivity index (χ2n) is 6.02. The van der Waals surface area contributed by atoms with Crippen molar-refractivity contribution in [1.82, 2.24) is 0 Å². The molecule has 0 heterocycles. The van der Waals surface area contributed by atoms with E-state index in [0.717, 1.165) is 5.56 Å². The highest BCUT2D eigenvalue weighted by Crippen LogP contribution is 2.28. The minimum Gasteiger partial charge on any atom is -0.497 e. The molecule has 25 heavy (non-hydrogen) atoms. The summed E-state index contributed by atoms with van der Waals surface area (Å²) in [6, 6.07) is 13.2. The molecule has 2 aromatic carbocycles. The van der Waals surface area contributed by atoms with Crippen molar-refractivity contribution in [3.63, 3.8) is 0 Å². The first kappa shape index (κ1) is 19.3. The highest BCUT2D eigenvalue weighted by Gasteiger charge is 2.26. The number of benzene rings is 2. The van der Waals surface area contributed by atoms with E-state index >= 15 is 0 Å². The summed E-state index contributed by atoms with van der Waals surface area (Å²) in [6.45, 7) is 5.55. The number of ether oxygens (including phenoxy) is 1. The van der Waals surface area contributed by atoms with E-state index in [9.17, 15) is 8.42 Å². The van der Waals surface area contributed by atoms with Gasteiger partial charge in [-0.15, -0.1) is 0 Å². The zero-order valence-corrected chi connectivity index (χ0v) is 16.1. The Kier molecular flexibility index (Phi) is 5.75. The van der Waals surface area contributed by atoms with Crippen LogP contribution in [0.2, 0.25) is 5.02 Å². The standard InChI is InChI=1S/C18H20ClNO4S/c1-13(18(2,3)14-6-5-7-15(19)12-14)20-24-25(21,22)17-10-8-16(23-4)9-11-17/h5-12H,1-4H3/b20-13+. The molecule has 7 heteroatoms. The number of rotatable bonds is 6. The Morgan fingerprint density at radius 1 is 1.12 bits per heavy atom. The van der Waals surface area contributed by atoms with Crippen molar-refractivity contribution in [2.24, 2.45) is 5.16 Å². The van der Waals surface area contributed by atoms with Gasteiger partial charge in [-0.25, -0.2) is 0 Å². The minimum atomic E-state index is -4.00. The number of oxime groups is 1. The van der Waals surface area contributed by atoms with Gasteiger partial charge in [0.25, 0.3) is 0 Å². The summed E-state index contributed by atoms with van der Waals surface area (Å²) in [4.78, 5) is 0.00501. The fraction of sp³-hybridized carbons (Fsp3) is 0.278. The van der Waals surface area contributed by atoms with Gasteiger partial charge >= 0.3 is 10.1 Å². The van der Waals surface area contributed by atoms with Crippen molar-refractivity contribution < 1.29 is 17.4 Å². The van der Waals surface area contributed by atoms with Gasteiger partial charge in [-0.05, 0) is 48.9 Å². The first-order valence-electron chi connectivity index (χ1n) is 7.55. The summed E-state index contributed by atoms with van der Waals surface area (Å²) in [6.07, 6.45) is 0. The van der Waals surface area contributed by atoms with E-state index in [4.69, 9.17) is 20.6 Å². The van der Waals surface area contributed by atoms with Crippen LogP contribution in [-0.2, 0) is 19.8 Å². The van der Waals surface area contributed by atoms with Crippen LogP contribution < -0.4 is 4.74 Å². The SMILES string of the molecule is COc1ccc(S(=O)(=O)O/N=C(\C)C(C)(C)c2cccc(Cl)c2)cc1. The molecule has 0 amide bonds. The van der Waals surface area contributed by atoms with E-state index in [-0.39, 0.29) is 4.90 Å². The van der Waals surface area contributed by atoms with Gasteiger partial charge in [-0.2, -0.15) is 8.42 Å². The summed E-state index contributed by atoms with van der Waals surface area (Å²) in [5.41, 5.74) is 0.874. The van der Waals surface area contributed by atoms with Gasteiger partial charge in [0, 0.05) is 10.4 Å². The Bertz CT molecular complexity index is 874. The topological polar surface area (TPSA) is 65.0 Å². The summed E-state index contributed by atoms with van der Waals surface area (Å²) in [7, 11) is -2.49. The van der Waals surface area contributed by atoms with Crippen LogP contribution >= 0.6 is 11.6 Å². The van der Waals surface area contributed by atoms with E-state index in [2.05, 4.69) is 5.16 Å². The van der Waals surface area contributed by atoms with Crippen LogP contribution in [-0.4, -0.2) is 21.2 Å². The smallest absolute Gasteiger partial charge is 0.358 e. The highest BCUT2D eigenvalue weighted by atomic mass is 35.5. The van der Waals surface area contributed by atoms with Crippen molar-refractivity contribution in [1.29, 1.82) is 0 Å². The van der Waals surface area contributed by atoms with Gasteiger partial charge in [-0.1, -0.05) is 42.7 Å². The first-order chi connectivity index (χ1) is 11.7. The lowest BCUT2D eigenvalue weighted by atomic mass is 9.81. The molecule has 0 fully saturated rings. The van der Waals surface area contributed by atoms with E-state index in [0.29, 0.717) is 16.5 Å². The normalized spacial score (nSPS) is 12.8. The average molecular weight is 382 g/mol. The van der Waals surface area contributed by atoms with Crippen molar-refractivity contribution in [2.75, 3.05) is 7.11 Å². The molecule has 2 rings (SSSR count). The molecule has 0 unspecified atom stereocenters.